The van der Waals surface area contributed by atoms with Gasteiger partial charge in [0.05, 0.1) is 0 Å². The summed E-state index contributed by atoms with van der Waals surface area (Å²) in [7, 11) is 1.59. The molecule has 3 aromatic carbocycles. The highest BCUT2D eigenvalue weighted by molar-refractivity contribution is 6.32. The fraction of sp³-hybridized carbons (Fsp3) is 0.286. The summed E-state index contributed by atoms with van der Waals surface area (Å²) in [6, 6.07) is 20.6. The Hall–Kier alpha value is -3.31. The van der Waals surface area contributed by atoms with E-state index in [2.05, 4.69) is 5.32 Å². The zero-order valence-electron chi connectivity index (χ0n) is 20.1. The number of nitrogens with zero attached hydrogens (tertiary/aromatic N) is 1. The second-order valence-corrected chi connectivity index (χ2v) is 8.86. The van der Waals surface area contributed by atoms with E-state index in [-0.39, 0.29) is 18.4 Å². The molecule has 34 heavy (non-hydrogen) atoms. The number of aryl methyl sites for hydroxylation is 3. The Balaban J connectivity index is 1.88. The summed E-state index contributed by atoms with van der Waals surface area (Å²) < 4.78 is 5.85. The monoisotopic (exact) mass is 478 g/mol. The molecule has 0 aromatic heterocycles. The molecule has 3 rings (SSSR count). The number of likely N-dealkylation sites (N-methyl/N-ethyl adjacent to an activating group) is 1. The lowest BCUT2D eigenvalue weighted by Crippen LogP contribution is -2.51. The Bertz CT molecular complexity index is 1110. The summed E-state index contributed by atoms with van der Waals surface area (Å²) in [5.74, 6) is 0.0837. The topological polar surface area (TPSA) is 58.6 Å². The number of halogens is 1. The van der Waals surface area contributed by atoms with Crippen LogP contribution in [0.3, 0.4) is 0 Å². The lowest BCUT2D eigenvalue weighted by molar-refractivity contribution is -0.142. The predicted octanol–water partition coefficient (Wildman–Crippen LogP) is 5.03. The molecule has 0 fully saturated rings. The van der Waals surface area contributed by atoms with E-state index in [9.17, 15) is 9.59 Å². The molecular formula is C28H31ClN2O3. The van der Waals surface area contributed by atoms with Crippen molar-refractivity contribution in [3.63, 3.8) is 0 Å². The van der Waals surface area contributed by atoms with Crippen molar-refractivity contribution in [2.24, 2.45) is 0 Å². The molecule has 2 amide bonds. The molecule has 0 saturated heterocycles. The predicted molar refractivity (Wildman–Crippen MR) is 136 cm³/mol. The van der Waals surface area contributed by atoms with Gasteiger partial charge >= 0.3 is 0 Å². The molecule has 0 saturated carbocycles. The highest BCUT2D eigenvalue weighted by atomic mass is 35.5. The molecule has 178 valence electrons. The van der Waals surface area contributed by atoms with Crippen LogP contribution in [0.25, 0.3) is 0 Å². The zero-order chi connectivity index (χ0) is 24.7. The number of hydrogen-bond acceptors (Lipinski definition) is 3. The molecule has 0 heterocycles. The molecule has 0 aliphatic carbocycles. The SMILES string of the molecule is CNC(=O)[C@@H](Cc1ccccc1)N(Cc1ccc(C)cc1)C(=O)COc1cc(C)c(Cl)c(C)c1. The van der Waals surface area contributed by atoms with E-state index in [0.717, 1.165) is 27.8 Å². The maximum Gasteiger partial charge on any atom is 0.261 e. The van der Waals surface area contributed by atoms with Crippen molar-refractivity contribution in [3.8, 4) is 5.75 Å². The van der Waals surface area contributed by atoms with Gasteiger partial charge in [-0.15, -0.1) is 0 Å². The fourth-order valence-electron chi connectivity index (χ4n) is 3.83. The second-order valence-electron chi connectivity index (χ2n) is 8.49. The van der Waals surface area contributed by atoms with Gasteiger partial charge in [-0.3, -0.25) is 9.59 Å². The molecule has 1 N–H and O–H groups in total. The highest BCUT2D eigenvalue weighted by Crippen LogP contribution is 2.26. The Labute approximate surface area is 206 Å². The van der Waals surface area contributed by atoms with E-state index in [1.54, 1.807) is 11.9 Å². The first-order valence-electron chi connectivity index (χ1n) is 11.3. The third-order valence-corrected chi connectivity index (χ3v) is 6.36. The first-order chi connectivity index (χ1) is 16.3. The molecule has 0 aliphatic rings. The average molecular weight is 479 g/mol. The molecule has 0 spiro atoms. The fourth-order valence-corrected chi connectivity index (χ4v) is 3.94. The molecule has 0 bridgehead atoms. The van der Waals surface area contributed by atoms with Gasteiger partial charge in [-0.05, 0) is 55.2 Å². The number of hydrogen-bond donors (Lipinski definition) is 1. The third kappa shape index (κ3) is 6.61. The second kappa shape index (κ2) is 11.7. The van der Waals surface area contributed by atoms with Crippen LogP contribution in [0, 0.1) is 20.8 Å². The minimum atomic E-state index is -0.682. The minimum Gasteiger partial charge on any atom is -0.484 e. The van der Waals surface area contributed by atoms with Crippen LogP contribution in [0.15, 0.2) is 66.7 Å². The molecule has 3 aromatic rings. The van der Waals surface area contributed by atoms with Gasteiger partial charge in [0.2, 0.25) is 5.91 Å². The van der Waals surface area contributed by atoms with Crippen molar-refractivity contribution in [1.82, 2.24) is 10.2 Å². The van der Waals surface area contributed by atoms with E-state index in [1.807, 2.05) is 87.5 Å². The van der Waals surface area contributed by atoms with E-state index < -0.39 is 6.04 Å². The van der Waals surface area contributed by atoms with Crippen LogP contribution in [0.5, 0.6) is 5.75 Å². The summed E-state index contributed by atoms with van der Waals surface area (Å²) in [5, 5.41) is 3.40. The van der Waals surface area contributed by atoms with Crippen LogP contribution < -0.4 is 10.1 Å². The number of ether oxygens (including phenoxy) is 1. The van der Waals surface area contributed by atoms with Gasteiger partial charge in [-0.25, -0.2) is 0 Å². The van der Waals surface area contributed by atoms with Crippen molar-refractivity contribution >= 4 is 23.4 Å². The smallest absolute Gasteiger partial charge is 0.261 e. The van der Waals surface area contributed by atoms with Gasteiger partial charge in [0.15, 0.2) is 6.61 Å². The van der Waals surface area contributed by atoms with Crippen molar-refractivity contribution in [1.29, 1.82) is 0 Å². The molecule has 6 heteroatoms. The Morgan fingerprint density at radius 3 is 2.15 bits per heavy atom. The molecule has 0 unspecified atom stereocenters. The van der Waals surface area contributed by atoms with Gasteiger partial charge in [0.25, 0.3) is 5.91 Å². The minimum absolute atomic E-state index is 0.186. The zero-order valence-corrected chi connectivity index (χ0v) is 20.9. The average Bonchev–Trinajstić information content (AvgIpc) is 2.84. The Morgan fingerprint density at radius 2 is 1.56 bits per heavy atom. The van der Waals surface area contributed by atoms with E-state index >= 15 is 0 Å². The standard InChI is InChI=1S/C28H31ClN2O3/c1-19-10-12-23(13-11-19)17-31(25(28(33)30-4)16-22-8-6-5-7-9-22)26(32)18-34-24-14-20(2)27(29)21(3)15-24/h5-15,25H,16-18H2,1-4H3,(H,30,33)/t25-/m1/s1. The number of amides is 2. The molecule has 0 aliphatic heterocycles. The lowest BCUT2D eigenvalue weighted by Gasteiger charge is -2.31. The quantitative estimate of drug-likeness (QED) is 0.469. The molecular weight excluding hydrogens is 448 g/mol. The molecule has 5 nitrogen and oxygen atoms in total. The Morgan fingerprint density at radius 1 is 0.941 bits per heavy atom. The summed E-state index contributed by atoms with van der Waals surface area (Å²) >= 11 is 6.26. The van der Waals surface area contributed by atoms with Gasteiger partial charge in [0, 0.05) is 25.0 Å². The maximum absolute atomic E-state index is 13.5. The highest BCUT2D eigenvalue weighted by Gasteiger charge is 2.30. The van der Waals surface area contributed by atoms with Gasteiger partial charge in [-0.2, -0.15) is 0 Å². The summed E-state index contributed by atoms with van der Waals surface area (Å²) in [6.07, 6.45) is 0.400. The largest absolute Gasteiger partial charge is 0.484 e. The Kier molecular flexibility index (Phi) is 8.72. The number of rotatable bonds is 9. The van der Waals surface area contributed by atoms with E-state index in [4.69, 9.17) is 16.3 Å². The van der Waals surface area contributed by atoms with E-state index in [1.165, 1.54) is 0 Å². The van der Waals surface area contributed by atoms with Crippen LogP contribution in [-0.4, -0.2) is 36.4 Å². The number of carbonyl (C=O) groups excluding carboxylic acids is 2. The first kappa shape index (κ1) is 25.3. The van der Waals surface area contributed by atoms with Crippen LogP contribution in [0.1, 0.15) is 27.8 Å². The van der Waals surface area contributed by atoms with Gasteiger partial charge in [0.1, 0.15) is 11.8 Å². The summed E-state index contributed by atoms with van der Waals surface area (Å²) in [5.41, 5.74) is 4.81. The van der Waals surface area contributed by atoms with Gasteiger partial charge in [-0.1, -0.05) is 71.8 Å². The lowest BCUT2D eigenvalue weighted by atomic mass is 10.0. The summed E-state index contributed by atoms with van der Waals surface area (Å²) in [4.78, 5) is 28.0. The number of benzene rings is 3. The van der Waals surface area contributed by atoms with Gasteiger partial charge < -0.3 is 15.0 Å². The van der Waals surface area contributed by atoms with Crippen molar-refractivity contribution in [2.45, 2.75) is 39.8 Å². The van der Waals surface area contributed by atoms with Crippen LogP contribution >= 0.6 is 11.6 Å². The molecule has 0 radical (unpaired) electrons. The number of nitrogens with one attached hydrogen (secondary N) is 1. The maximum atomic E-state index is 13.5. The first-order valence-corrected chi connectivity index (χ1v) is 11.7. The summed E-state index contributed by atoms with van der Waals surface area (Å²) in [6.45, 7) is 5.92. The van der Waals surface area contributed by atoms with Crippen LogP contribution in [0.4, 0.5) is 0 Å². The van der Waals surface area contributed by atoms with Crippen molar-refractivity contribution in [3.05, 3.63) is 99.6 Å². The van der Waals surface area contributed by atoms with Crippen molar-refractivity contribution in [2.75, 3.05) is 13.7 Å². The van der Waals surface area contributed by atoms with E-state index in [0.29, 0.717) is 23.7 Å². The molecule has 1 atom stereocenters. The van der Waals surface area contributed by atoms with Crippen LogP contribution in [-0.2, 0) is 22.6 Å². The third-order valence-electron chi connectivity index (χ3n) is 5.76. The number of carbonyl (C=O) groups is 2. The van der Waals surface area contributed by atoms with Crippen molar-refractivity contribution < 1.29 is 14.3 Å². The van der Waals surface area contributed by atoms with Crippen LogP contribution in [0.2, 0.25) is 5.02 Å². The normalized spacial score (nSPS) is 11.6.